The highest BCUT2D eigenvalue weighted by atomic mass is 19.1. The van der Waals surface area contributed by atoms with E-state index in [2.05, 4.69) is 10.4 Å². The van der Waals surface area contributed by atoms with E-state index in [0.717, 1.165) is 10.2 Å². The zero-order valence-electron chi connectivity index (χ0n) is 14.6. The molecule has 0 atom stereocenters. The van der Waals surface area contributed by atoms with Crippen molar-refractivity contribution in [3.63, 3.8) is 0 Å². The molecule has 8 heteroatoms. The van der Waals surface area contributed by atoms with Crippen molar-refractivity contribution >= 4 is 22.5 Å². The van der Waals surface area contributed by atoms with Crippen molar-refractivity contribution in [2.24, 2.45) is 0 Å². The van der Waals surface area contributed by atoms with Crippen molar-refractivity contribution in [1.29, 1.82) is 0 Å². The van der Waals surface area contributed by atoms with E-state index in [-0.39, 0.29) is 30.4 Å². The summed E-state index contributed by atoms with van der Waals surface area (Å²) in [5, 5.41) is 7.01. The fraction of sp³-hybridized carbons (Fsp3) is 0.211. The number of halogens is 1. The molecule has 1 N–H and O–H groups in total. The number of fused-ring (bicyclic) bond motifs is 3. The molecular weight excluding hydrogens is 351 g/mol. The number of benzene rings is 1. The van der Waals surface area contributed by atoms with Crippen LogP contribution in [0.5, 0.6) is 0 Å². The highest BCUT2D eigenvalue weighted by Gasteiger charge is 2.16. The first kappa shape index (κ1) is 17.0. The van der Waals surface area contributed by atoms with Crippen molar-refractivity contribution in [2.75, 3.05) is 0 Å². The Morgan fingerprint density at radius 1 is 1.26 bits per heavy atom. The lowest BCUT2D eigenvalue weighted by molar-refractivity contribution is -0.122. The fourth-order valence-electron chi connectivity index (χ4n) is 3.10. The summed E-state index contributed by atoms with van der Waals surface area (Å²) < 4.78 is 21.5. The van der Waals surface area contributed by atoms with Crippen molar-refractivity contribution < 1.29 is 13.6 Å². The molecule has 3 heterocycles. The van der Waals surface area contributed by atoms with Crippen LogP contribution in [0, 0.1) is 5.82 Å². The summed E-state index contributed by atoms with van der Waals surface area (Å²) in [6, 6.07) is 9.40. The summed E-state index contributed by atoms with van der Waals surface area (Å²) in [6.07, 6.45) is 2.14. The summed E-state index contributed by atoms with van der Waals surface area (Å²) >= 11 is 0. The van der Waals surface area contributed by atoms with Crippen LogP contribution in [-0.4, -0.2) is 20.1 Å². The second-order valence-electron chi connectivity index (χ2n) is 6.17. The monoisotopic (exact) mass is 368 g/mol. The molecule has 3 aromatic heterocycles. The van der Waals surface area contributed by atoms with Gasteiger partial charge in [0.25, 0.3) is 5.56 Å². The SMILES string of the molecule is CCc1nn(CC(=O)NCc2cccc(F)c2)c(=O)c2cc3occc3n12. The second-order valence-corrected chi connectivity index (χ2v) is 6.17. The van der Waals surface area contributed by atoms with Gasteiger partial charge >= 0.3 is 0 Å². The number of nitrogens with one attached hydrogen (secondary N) is 1. The number of aromatic nitrogens is 3. The number of furan rings is 1. The molecular formula is C19H17FN4O3. The zero-order valence-corrected chi connectivity index (χ0v) is 14.6. The predicted octanol–water partition coefficient (Wildman–Crippen LogP) is 2.26. The third-order valence-electron chi connectivity index (χ3n) is 4.36. The molecule has 1 amide bonds. The Balaban J connectivity index is 1.60. The lowest BCUT2D eigenvalue weighted by Crippen LogP contribution is -2.35. The standard InChI is InChI=1S/C19H17FN4O3/c1-2-17-22-23(11-18(25)21-10-12-4-3-5-13(20)8-12)19(26)15-9-16-14(24(15)17)6-7-27-16/h3-9H,2,10-11H2,1H3,(H,21,25). The van der Waals surface area contributed by atoms with Gasteiger partial charge in [0.05, 0.1) is 11.8 Å². The molecule has 0 spiro atoms. The molecule has 4 aromatic rings. The molecule has 1 aromatic carbocycles. The lowest BCUT2D eigenvalue weighted by Gasteiger charge is -2.10. The molecule has 0 aliphatic carbocycles. The minimum atomic E-state index is -0.379. The van der Waals surface area contributed by atoms with Crippen LogP contribution in [0.4, 0.5) is 4.39 Å². The number of aryl methyl sites for hydroxylation is 1. The van der Waals surface area contributed by atoms with Crippen LogP contribution in [-0.2, 0) is 24.3 Å². The van der Waals surface area contributed by atoms with Crippen LogP contribution < -0.4 is 10.9 Å². The number of carbonyl (C=O) groups is 1. The van der Waals surface area contributed by atoms with E-state index in [9.17, 15) is 14.0 Å². The van der Waals surface area contributed by atoms with Crippen LogP contribution >= 0.6 is 0 Å². The smallest absolute Gasteiger partial charge is 0.291 e. The lowest BCUT2D eigenvalue weighted by atomic mass is 10.2. The normalized spacial score (nSPS) is 11.3. The van der Waals surface area contributed by atoms with Crippen molar-refractivity contribution in [3.05, 3.63) is 70.2 Å². The van der Waals surface area contributed by atoms with Gasteiger partial charge in [-0.3, -0.25) is 14.0 Å². The summed E-state index contributed by atoms with van der Waals surface area (Å²) in [6.45, 7) is 1.88. The molecule has 0 fully saturated rings. The molecule has 4 rings (SSSR count). The zero-order chi connectivity index (χ0) is 19.0. The van der Waals surface area contributed by atoms with Gasteiger partial charge in [-0.1, -0.05) is 19.1 Å². The summed E-state index contributed by atoms with van der Waals surface area (Å²) in [5.74, 6) is -0.0929. The largest absolute Gasteiger partial charge is 0.463 e. The molecule has 0 aliphatic heterocycles. The molecule has 0 aliphatic rings. The van der Waals surface area contributed by atoms with Gasteiger partial charge in [-0.05, 0) is 17.7 Å². The van der Waals surface area contributed by atoms with Gasteiger partial charge in [-0.25, -0.2) is 9.07 Å². The highest BCUT2D eigenvalue weighted by molar-refractivity contribution is 5.82. The number of carbonyl (C=O) groups excluding carboxylic acids is 1. The number of rotatable bonds is 5. The number of hydrogen-bond acceptors (Lipinski definition) is 4. The van der Waals surface area contributed by atoms with Gasteiger partial charge in [-0.15, -0.1) is 0 Å². The van der Waals surface area contributed by atoms with E-state index in [1.54, 1.807) is 34.9 Å². The molecule has 0 radical (unpaired) electrons. The third kappa shape index (κ3) is 3.10. The van der Waals surface area contributed by atoms with Gasteiger partial charge < -0.3 is 9.73 Å². The molecule has 0 saturated carbocycles. The Bertz CT molecular complexity index is 1200. The maximum atomic E-state index is 13.2. The summed E-state index contributed by atoms with van der Waals surface area (Å²) in [4.78, 5) is 25.0. The van der Waals surface area contributed by atoms with E-state index in [1.807, 2.05) is 6.92 Å². The quantitative estimate of drug-likeness (QED) is 0.586. The van der Waals surface area contributed by atoms with E-state index in [0.29, 0.717) is 28.9 Å². The molecule has 0 unspecified atom stereocenters. The topological polar surface area (TPSA) is 81.5 Å². The van der Waals surface area contributed by atoms with Crippen LogP contribution in [0.2, 0.25) is 0 Å². The van der Waals surface area contributed by atoms with Gasteiger partial charge in [0.15, 0.2) is 5.58 Å². The Kier molecular flexibility index (Phi) is 4.23. The number of hydrogen-bond donors (Lipinski definition) is 1. The highest BCUT2D eigenvalue weighted by Crippen LogP contribution is 2.20. The number of nitrogens with zero attached hydrogens (tertiary/aromatic N) is 3. The van der Waals surface area contributed by atoms with E-state index < -0.39 is 0 Å². The van der Waals surface area contributed by atoms with Crippen molar-refractivity contribution in [3.8, 4) is 0 Å². The van der Waals surface area contributed by atoms with E-state index >= 15 is 0 Å². The van der Waals surface area contributed by atoms with Gasteiger partial charge in [0, 0.05) is 25.1 Å². The minimum absolute atomic E-state index is 0.173. The average molecular weight is 368 g/mol. The van der Waals surface area contributed by atoms with Gasteiger partial charge in [-0.2, -0.15) is 5.10 Å². The Hall–Kier alpha value is -3.42. The van der Waals surface area contributed by atoms with Crippen LogP contribution in [0.25, 0.3) is 16.6 Å². The van der Waals surface area contributed by atoms with Gasteiger partial charge in [0.2, 0.25) is 5.91 Å². The molecule has 7 nitrogen and oxygen atoms in total. The van der Waals surface area contributed by atoms with Gasteiger partial charge in [0.1, 0.15) is 23.7 Å². The van der Waals surface area contributed by atoms with Crippen LogP contribution in [0.1, 0.15) is 18.3 Å². The predicted molar refractivity (Wildman–Crippen MR) is 96.8 cm³/mol. The maximum absolute atomic E-state index is 13.2. The summed E-state index contributed by atoms with van der Waals surface area (Å²) in [7, 11) is 0. The van der Waals surface area contributed by atoms with Crippen LogP contribution in [0.15, 0.2) is 51.9 Å². The Morgan fingerprint density at radius 2 is 2.11 bits per heavy atom. The fourth-order valence-corrected chi connectivity index (χ4v) is 3.10. The maximum Gasteiger partial charge on any atom is 0.291 e. The molecule has 0 saturated heterocycles. The molecule has 0 bridgehead atoms. The van der Waals surface area contributed by atoms with Crippen molar-refractivity contribution in [2.45, 2.75) is 26.4 Å². The number of amides is 1. The third-order valence-corrected chi connectivity index (χ3v) is 4.36. The Morgan fingerprint density at radius 3 is 2.89 bits per heavy atom. The minimum Gasteiger partial charge on any atom is -0.463 e. The Labute approximate surface area is 153 Å². The van der Waals surface area contributed by atoms with E-state index in [4.69, 9.17) is 4.42 Å². The van der Waals surface area contributed by atoms with Crippen molar-refractivity contribution in [1.82, 2.24) is 19.5 Å². The van der Waals surface area contributed by atoms with Crippen LogP contribution in [0.3, 0.4) is 0 Å². The first-order valence-electron chi connectivity index (χ1n) is 8.56. The summed E-state index contributed by atoms with van der Waals surface area (Å²) in [5.41, 5.74) is 2.04. The average Bonchev–Trinajstić information content (AvgIpc) is 3.24. The first-order valence-corrected chi connectivity index (χ1v) is 8.56. The molecule has 27 heavy (non-hydrogen) atoms. The molecule has 138 valence electrons. The second kappa shape index (κ2) is 6.71. The first-order chi connectivity index (χ1) is 13.1. The van der Waals surface area contributed by atoms with E-state index in [1.165, 1.54) is 12.1 Å².